The molecule has 4 aliphatic rings. The molecule has 0 aliphatic carbocycles. The number of aromatic hydroxyl groups is 1. The maximum atomic E-state index is 13.5. The summed E-state index contributed by atoms with van der Waals surface area (Å²) in [5.74, 6) is -5.58. The standard InChI is InChI=1S/C23H26Cl2N4O7.C22H24Cl2N4O7/c1-12(31)8-14(11-30)26-22(34)18-4-3-7-28-19(32)6-5-17(23(35)29(18)28)27-21(33)13-9-15(24)20(36-2)16(25)10-13;1-11(30)7-13(10-29)25-21(34)17-3-2-6-27-18(31)5-4-16(22(35)28(17)27)26-20(33)12-8-14(23)19(32)15(24)9-12/h9-11,14,17-18H,3-8H2,1-2H3,(H,26,34)(H,27,33);8-10,13,16-17,32H,2-7H2,1H3,(H,25,34)(H,26,33)/t14-,17-,18-;13-,16-,17-/m00/s1. The predicted octanol–water partition coefficient (Wildman–Crippen LogP) is 2.28. The summed E-state index contributed by atoms with van der Waals surface area (Å²) >= 11 is 24.0. The molecule has 2 aromatic rings. The first-order valence-corrected chi connectivity index (χ1v) is 23.7. The normalized spacial score (nSPS) is 20.8. The fourth-order valence-corrected chi connectivity index (χ4v) is 9.45. The molecule has 22 nitrogen and oxygen atoms in total. The van der Waals surface area contributed by atoms with Crippen LogP contribution in [-0.4, -0.2) is 153 Å². The van der Waals surface area contributed by atoms with Crippen LogP contribution in [0, 0.1) is 0 Å². The minimum atomic E-state index is -1.14. The zero-order valence-corrected chi connectivity index (χ0v) is 41.5. The summed E-state index contributed by atoms with van der Waals surface area (Å²) in [5, 5.41) is 24.2. The number of hydrogen-bond donors (Lipinski definition) is 5. The van der Waals surface area contributed by atoms with Gasteiger partial charge in [0.2, 0.25) is 23.6 Å². The van der Waals surface area contributed by atoms with Crippen molar-refractivity contribution in [2.75, 3.05) is 20.2 Å². The van der Waals surface area contributed by atoms with E-state index in [1.807, 2.05) is 0 Å². The maximum absolute atomic E-state index is 13.5. The highest BCUT2D eigenvalue weighted by molar-refractivity contribution is 6.38. The largest absolute Gasteiger partial charge is 0.505 e. The van der Waals surface area contributed by atoms with Gasteiger partial charge >= 0.3 is 0 Å². The van der Waals surface area contributed by atoms with Crippen LogP contribution in [0.1, 0.15) is 98.8 Å². The van der Waals surface area contributed by atoms with Crippen LogP contribution in [0.4, 0.5) is 0 Å². The van der Waals surface area contributed by atoms with Crippen LogP contribution in [0.25, 0.3) is 0 Å². The Morgan fingerprint density at radius 2 is 1.01 bits per heavy atom. The van der Waals surface area contributed by atoms with Gasteiger partial charge in [-0.05, 0) is 76.6 Å². The highest BCUT2D eigenvalue weighted by Gasteiger charge is 2.47. The van der Waals surface area contributed by atoms with Gasteiger partial charge in [0.05, 0.1) is 39.3 Å². The molecule has 0 radical (unpaired) electrons. The summed E-state index contributed by atoms with van der Waals surface area (Å²) in [6.45, 7) is 3.01. The Balaban J connectivity index is 0.000000264. The van der Waals surface area contributed by atoms with Crippen molar-refractivity contribution < 1.29 is 67.4 Å². The van der Waals surface area contributed by atoms with Crippen LogP contribution in [0.3, 0.4) is 0 Å². The maximum Gasteiger partial charge on any atom is 0.264 e. The number of phenolic OH excluding ortho intramolecular Hbond substituents is 1. The van der Waals surface area contributed by atoms with Crippen molar-refractivity contribution in [3.63, 3.8) is 0 Å². The van der Waals surface area contributed by atoms with Crippen LogP contribution in [-0.2, 0) is 47.9 Å². The van der Waals surface area contributed by atoms with Crippen LogP contribution in [0.15, 0.2) is 24.3 Å². The van der Waals surface area contributed by atoms with Gasteiger partial charge in [-0.2, -0.15) is 0 Å². The molecule has 5 N–H and O–H groups in total. The number of Topliss-reactive ketones (excluding diaryl/α,β-unsaturated/α-hetero) is 2. The average molecular weight is 1070 g/mol. The zero-order chi connectivity index (χ0) is 52.4. The smallest absolute Gasteiger partial charge is 0.264 e. The van der Waals surface area contributed by atoms with E-state index in [0.29, 0.717) is 25.4 Å². The van der Waals surface area contributed by atoms with Crippen molar-refractivity contribution in [3.05, 3.63) is 55.5 Å². The summed E-state index contributed by atoms with van der Waals surface area (Å²) < 4.78 is 5.08. The second kappa shape index (κ2) is 24.7. The number of carbonyl (C=O) groups excluding carboxylic acids is 12. The molecule has 4 saturated heterocycles. The number of ether oxygens (including phenoxy) is 1. The third-order valence-corrected chi connectivity index (χ3v) is 12.8. The third-order valence-electron chi connectivity index (χ3n) is 11.7. The summed E-state index contributed by atoms with van der Waals surface area (Å²) in [6.07, 6.45) is 1.75. The van der Waals surface area contributed by atoms with Crippen LogP contribution in [0.5, 0.6) is 11.5 Å². The van der Waals surface area contributed by atoms with E-state index >= 15 is 0 Å². The van der Waals surface area contributed by atoms with E-state index in [4.69, 9.17) is 51.1 Å². The lowest BCUT2D eigenvalue weighted by Gasteiger charge is -2.43. The highest BCUT2D eigenvalue weighted by atomic mass is 35.5. The topological polar surface area (TPSA) is 295 Å². The molecule has 6 atom stereocenters. The van der Waals surface area contributed by atoms with E-state index in [-0.39, 0.29) is 125 Å². The van der Waals surface area contributed by atoms with Crippen LogP contribution >= 0.6 is 46.4 Å². The van der Waals surface area contributed by atoms with Crippen molar-refractivity contribution in [2.24, 2.45) is 0 Å². The van der Waals surface area contributed by atoms with Gasteiger partial charge in [0.1, 0.15) is 48.3 Å². The number of fused-ring (bicyclic) bond motifs is 2. The van der Waals surface area contributed by atoms with E-state index in [1.54, 1.807) is 0 Å². The predicted molar refractivity (Wildman–Crippen MR) is 252 cm³/mol. The van der Waals surface area contributed by atoms with E-state index in [9.17, 15) is 62.6 Å². The molecule has 4 aliphatic heterocycles. The number of methoxy groups -OCH3 is 1. The lowest BCUT2D eigenvalue weighted by molar-refractivity contribution is -0.176. The Kier molecular flexibility index (Phi) is 19.3. The van der Waals surface area contributed by atoms with Gasteiger partial charge < -0.3 is 40.7 Å². The number of aldehydes is 2. The van der Waals surface area contributed by atoms with E-state index < -0.39 is 77.4 Å². The van der Waals surface area contributed by atoms with Crippen molar-refractivity contribution in [3.8, 4) is 11.5 Å². The van der Waals surface area contributed by atoms with Crippen LogP contribution < -0.4 is 26.0 Å². The van der Waals surface area contributed by atoms with Gasteiger partial charge in [0, 0.05) is 49.9 Å². The number of hydrogen-bond acceptors (Lipinski definition) is 14. The minimum Gasteiger partial charge on any atom is -0.505 e. The molecular formula is C45H50Cl4N8O14. The second-order valence-corrected chi connectivity index (χ2v) is 18.5. The highest BCUT2D eigenvalue weighted by Crippen LogP contribution is 2.35. The number of nitrogens with one attached hydrogen (secondary N) is 4. The van der Waals surface area contributed by atoms with Gasteiger partial charge in [-0.15, -0.1) is 0 Å². The summed E-state index contributed by atoms with van der Waals surface area (Å²) in [4.78, 5) is 150. The molecule has 6 rings (SSSR count). The van der Waals surface area contributed by atoms with Gasteiger partial charge in [0.25, 0.3) is 23.6 Å². The number of ketones is 2. The number of halogens is 4. The first-order valence-electron chi connectivity index (χ1n) is 22.2. The lowest BCUT2D eigenvalue weighted by atomic mass is 10.0. The number of nitrogens with zero attached hydrogens (tertiary/aromatic N) is 4. The van der Waals surface area contributed by atoms with Crippen LogP contribution in [0.2, 0.25) is 20.1 Å². The molecule has 4 heterocycles. The Morgan fingerprint density at radius 1 is 0.648 bits per heavy atom. The number of carbonyl (C=O) groups is 12. The fraction of sp³-hybridized carbons (Fsp3) is 0.467. The van der Waals surface area contributed by atoms with Crippen molar-refractivity contribution in [1.29, 1.82) is 0 Å². The monoisotopic (exact) mass is 1070 g/mol. The summed E-state index contributed by atoms with van der Waals surface area (Å²) in [7, 11) is 1.38. The van der Waals surface area contributed by atoms with Gasteiger partial charge in [-0.3, -0.25) is 58.0 Å². The number of rotatable bonds is 15. The Bertz CT molecular complexity index is 2470. The number of benzene rings is 2. The molecule has 0 spiro atoms. The first kappa shape index (κ1) is 55.6. The summed E-state index contributed by atoms with van der Waals surface area (Å²) in [6, 6.07) is -1.52. The van der Waals surface area contributed by atoms with Gasteiger partial charge in [-0.25, -0.2) is 10.0 Å². The SMILES string of the molecule is CC(=O)C[C@@H](C=O)NC(=O)[C@@H]1CCCN2C(=O)CC[C@H](NC(=O)c3cc(Cl)c(O)c(Cl)c3)C(=O)N12.COc1c(Cl)cc(C(=O)N[C@H]2CCC(=O)N3CCC[C@@H](C(=O)N[C@H](C=O)CC(C)=O)N3C2=O)cc1Cl. The zero-order valence-electron chi connectivity index (χ0n) is 38.5. The molecule has 0 unspecified atom stereocenters. The van der Waals surface area contributed by atoms with E-state index in [2.05, 4.69) is 21.3 Å². The number of amides is 8. The Morgan fingerprint density at radius 3 is 1.35 bits per heavy atom. The molecule has 26 heteroatoms. The quantitative estimate of drug-likeness (QED) is 0.160. The van der Waals surface area contributed by atoms with Crippen molar-refractivity contribution >= 4 is 118 Å². The number of hydrazine groups is 2. The molecule has 8 amide bonds. The molecule has 0 bridgehead atoms. The minimum absolute atomic E-state index is 0.00834. The lowest BCUT2D eigenvalue weighted by Crippen LogP contribution is -2.64. The van der Waals surface area contributed by atoms with Crippen molar-refractivity contribution in [2.45, 2.75) is 114 Å². The Labute approximate surface area is 426 Å². The fourth-order valence-electron chi connectivity index (χ4n) is 8.32. The second-order valence-electron chi connectivity index (χ2n) is 16.9. The van der Waals surface area contributed by atoms with E-state index in [0.717, 1.165) is 10.0 Å². The molecule has 2 aromatic carbocycles. The molecule has 0 saturated carbocycles. The van der Waals surface area contributed by atoms with Gasteiger partial charge in [-0.1, -0.05) is 46.4 Å². The van der Waals surface area contributed by atoms with Gasteiger partial charge in [0.15, 0.2) is 11.5 Å². The molecule has 4 fully saturated rings. The van der Waals surface area contributed by atoms with E-state index in [1.165, 1.54) is 55.2 Å². The Hall–Kier alpha value is -6.36. The molecule has 0 aromatic heterocycles. The summed E-state index contributed by atoms with van der Waals surface area (Å²) in [5.41, 5.74) is 0.0704. The number of phenols is 1. The average Bonchev–Trinajstić information content (AvgIpc) is 3.52. The first-order chi connectivity index (χ1) is 33.6. The van der Waals surface area contributed by atoms with Crippen molar-refractivity contribution in [1.82, 2.24) is 41.3 Å². The molecule has 382 valence electrons. The molecular weight excluding hydrogens is 1020 g/mol. The molecule has 71 heavy (non-hydrogen) atoms. The third kappa shape index (κ3) is 13.5.